The standard InChI is InChI=1S/C8H15N3O5/c1-10(2-3-12)8(16)11(4-6(9)13)5-7(14)15/h12H,2-5H2,1H3,(H2,9,13)(H,14,15). The van der Waals surface area contributed by atoms with E-state index in [1.807, 2.05) is 0 Å². The van der Waals surface area contributed by atoms with Crippen molar-refractivity contribution in [3.8, 4) is 0 Å². The van der Waals surface area contributed by atoms with Gasteiger partial charge in [-0.3, -0.25) is 9.59 Å². The van der Waals surface area contributed by atoms with Crippen molar-refractivity contribution < 1.29 is 24.6 Å². The number of carbonyl (C=O) groups is 3. The number of nitrogens with zero attached hydrogens (tertiary/aromatic N) is 2. The van der Waals surface area contributed by atoms with Crippen LogP contribution in [0.1, 0.15) is 0 Å². The van der Waals surface area contributed by atoms with Crippen LogP contribution in [0.3, 0.4) is 0 Å². The minimum atomic E-state index is -1.24. The number of carboxylic acid groups (broad SMARTS) is 1. The Kier molecular flexibility index (Phi) is 5.86. The Morgan fingerprint density at radius 3 is 2.19 bits per heavy atom. The Labute approximate surface area is 92.2 Å². The number of aliphatic hydroxyl groups is 1. The number of aliphatic carboxylic acids is 1. The lowest BCUT2D eigenvalue weighted by molar-refractivity contribution is -0.138. The molecular formula is C8H15N3O5. The SMILES string of the molecule is CN(CCO)C(=O)N(CC(N)=O)CC(=O)O. The summed E-state index contributed by atoms with van der Waals surface area (Å²) in [7, 11) is 1.38. The maximum atomic E-state index is 11.6. The number of hydrogen-bond donors (Lipinski definition) is 3. The molecule has 0 aliphatic heterocycles. The largest absolute Gasteiger partial charge is 0.480 e. The fourth-order valence-electron chi connectivity index (χ4n) is 1.03. The molecule has 92 valence electrons. The first-order valence-corrected chi connectivity index (χ1v) is 4.49. The van der Waals surface area contributed by atoms with Crippen LogP contribution >= 0.6 is 0 Å². The zero-order chi connectivity index (χ0) is 12.7. The van der Waals surface area contributed by atoms with Gasteiger partial charge in [-0.1, -0.05) is 0 Å². The van der Waals surface area contributed by atoms with Gasteiger partial charge in [-0.05, 0) is 0 Å². The highest BCUT2D eigenvalue weighted by atomic mass is 16.4. The van der Waals surface area contributed by atoms with E-state index in [9.17, 15) is 14.4 Å². The highest BCUT2D eigenvalue weighted by Crippen LogP contribution is 1.96. The summed E-state index contributed by atoms with van der Waals surface area (Å²) < 4.78 is 0. The Morgan fingerprint density at radius 2 is 1.81 bits per heavy atom. The number of nitrogens with two attached hydrogens (primary N) is 1. The molecule has 0 bridgehead atoms. The quantitative estimate of drug-likeness (QED) is 0.485. The van der Waals surface area contributed by atoms with Crippen LogP contribution in [0.2, 0.25) is 0 Å². The molecule has 0 saturated heterocycles. The number of likely N-dealkylation sites (N-methyl/N-ethyl adjacent to an activating group) is 1. The van der Waals surface area contributed by atoms with Gasteiger partial charge >= 0.3 is 12.0 Å². The molecule has 0 aromatic heterocycles. The van der Waals surface area contributed by atoms with Crippen LogP contribution in [0.15, 0.2) is 0 Å². The maximum Gasteiger partial charge on any atom is 0.323 e. The molecule has 0 atom stereocenters. The zero-order valence-corrected chi connectivity index (χ0v) is 8.92. The van der Waals surface area contributed by atoms with Gasteiger partial charge in [-0.15, -0.1) is 0 Å². The fourth-order valence-corrected chi connectivity index (χ4v) is 1.03. The lowest BCUT2D eigenvalue weighted by Crippen LogP contribution is -2.47. The molecule has 0 unspecified atom stereocenters. The van der Waals surface area contributed by atoms with E-state index in [4.69, 9.17) is 15.9 Å². The molecule has 0 rings (SSSR count). The van der Waals surface area contributed by atoms with Crippen LogP contribution in [0.4, 0.5) is 4.79 Å². The minimum absolute atomic E-state index is 0.0493. The van der Waals surface area contributed by atoms with Crippen LogP contribution in [0, 0.1) is 0 Å². The third kappa shape index (κ3) is 5.15. The Morgan fingerprint density at radius 1 is 1.25 bits per heavy atom. The molecule has 0 radical (unpaired) electrons. The zero-order valence-electron chi connectivity index (χ0n) is 8.92. The molecule has 3 amide bonds. The third-order valence-electron chi connectivity index (χ3n) is 1.71. The van der Waals surface area contributed by atoms with Crippen LogP contribution in [-0.4, -0.2) is 71.2 Å². The Hall–Kier alpha value is -1.83. The van der Waals surface area contributed by atoms with E-state index in [2.05, 4.69) is 0 Å². The summed E-state index contributed by atoms with van der Waals surface area (Å²) in [6, 6.07) is -0.671. The molecule has 0 aromatic rings. The van der Waals surface area contributed by atoms with E-state index >= 15 is 0 Å². The molecule has 16 heavy (non-hydrogen) atoms. The smallest absolute Gasteiger partial charge is 0.323 e. The molecule has 8 nitrogen and oxygen atoms in total. The highest BCUT2D eigenvalue weighted by molar-refractivity contribution is 5.85. The number of carboxylic acids is 1. The first kappa shape index (κ1) is 14.2. The van der Waals surface area contributed by atoms with Gasteiger partial charge in [0.05, 0.1) is 6.61 Å². The highest BCUT2D eigenvalue weighted by Gasteiger charge is 2.21. The summed E-state index contributed by atoms with van der Waals surface area (Å²) in [5, 5.41) is 17.2. The van der Waals surface area contributed by atoms with Gasteiger partial charge in [0, 0.05) is 13.6 Å². The number of urea groups is 1. The summed E-state index contributed by atoms with van der Waals surface area (Å²) in [6.45, 7) is -1.29. The van der Waals surface area contributed by atoms with Crippen molar-refractivity contribution in [3.63, 3.8) is 0 Å². The number of hydrogen-bond acceptors (Lipinski definition) is 4. The summed E-state index contributed by atoms with van der Waals surface area (Å²) in [4.78, 5) is 34.6. The lowest BCUT2D eigenvalue weighted by atomic mass is 10.4. The molecule has 0 aliphatic rings. The van der Waals surface area contributed by atoms with E-state index in [-0.39, 0.29) is 13.2 Å². The monoisotopic (exact) mass is 233 g/mol. The van der Waals surface area contributed by atoms with Crippen LogP contribution in [-0.2, 0) is 9.59 Å². The molecule has 4 N–H and O–H groups in total. The minimum Gasteiger partial charge on any atom is -0.480 e. The molecule has 0 spiro atoms. The van der Waals surface area contributed by atoms with Gasteiger partial charge in [-0.2, -0.15) is 0 Å². The number of carbonyl (C=O) groups excluding carboxylic acids is 2. The Bertz CT molecular complexity index is 265. The average Bonchev–Trinajstić information content (AvgIpc) is 2.14. The van der Waals surface area contributed by atoms with Crippen molar-refractivity contribution in [2.24, 2.45) is 5.73 Å². The van der Waals surface area contributed by atoms with Crippen molar-refractivity contribution in [2.75, 3.05) is 33.3 Å². The normalized spacial score (nSPS) is 9.62. The molecule has 0 heterocycles. The van der Waals surface area contributed by atoms with Crippen molar-refractivity contribution >= 4 is 17.9 Å². The molecule has 0 fully saturated rings. The van der Waals surface area contributed by atoms with Crippen molar-refractivity contribution in [1.82, 2.24) is 9.80 Å². The topological polar surface area (TPSA) is 124 Å². The molecule has 0 aliphatic carbocycles. The molecule has 8 heteroatoms. The van der Waals surface area contributed by atoms with E-state index in [0.29, 0.717) is 0 Å². The van der Waals surface area contributed by atoms with Gasteiger partial charge < -0.3 is 25.7 Å². The van der Waals surface area contributed by atoms with E-state index in [1.54, 1.807) is 0 Å². The van der Waals surface area contributed by atoms with Gasteiger partial charge in [0.25, 0.3) is 0 Å². The summed E-state index contributed by atoms with van der Waals surface area (Å²) in [5.74, 6) is -2.04. The van der Waals surface area contributed by atoms with Crippen LogP contribution in [0.5, 0.6) is 0 Å². The maximum absolute atomic E-state index is 11.6. The predicted octanol–water partition coefficient (Wildman–Crippen LogP) is -2.10. The van der Waals surface area contributed by atoms with Gasteiger partial charge in [0.15, 0.2) is 0 Å². The molecular weight excluding hydrogens is 218 g/mol. The van der Waals surface area contributed by atoms with E-state index < -0.39 is 31.0 Å². The second-order valence-corrected chi connectivity index (χ2v) is 3.14. The number of amides is 3. The van der Waals surface area contributed by atoms with Gasteiger partial charge in [-0.25, -0.2) is 4.79 Å². The Balaban J connectivity index is 4.54. The number of primary amides is 1. The predicted molar refractivity (Wildman–Crippen MR) is 53.5 cm³/mol. The molecule has 0 saturated carbocycles. The van der Waals surface area contributed by atoms with E-state index in [0.717, 1.165) is 9.80 Å². The van der Waals surface area contributed by atoms with Gasteiger partial charge in [0.1, 0.15) is 13.1 Å². The van der Waals surface area contributed by atoms with Crippen LogP contribution < -0.4 is 5.73 Å². The third-order valence-corrected chi connectivity index (χ3v) is 1.71. The summed E-state index contributed by atoms with van der Waals surface area (Å²) in [6.07, 6.45) is 0. The molecule has 0 aromatic carbocycles. The fraction of sp³-hybridized carbons (Fsp3) is 0.625. The first-order chi connectivity index (χ1) is 7.38. The average molecular weight is 233 g/mol. The van der Waals surface area contributed by atoms with Crippen molar-refractivity contribution in [2.45, 2.75) is 0 Å². The second-order valence-electron chi connectivity index (χ2n) is 3.14. The van der Waals surface area contributed by atoms with Gasteiger partial charge in [0.2, 0.25) is 5.91 Å². The van der Waals surface area contributed by atoms with Crippen molar-refractivity contribution in [3.05, 3.63) is 0 Å². The number of rotatable bonds is 6. The summed E-state index contributed by atoms with van der Waals surface area (Å²) >= 11 is 0. The van der Waals surface area contributed by atoms with Crippen molar-refractivity contribution in [1.29, 1.82) is 0 Å². The second kappa shape index (κ2) is 6.62. The van der Waals surface area contributed by atoms with Crippen LogP contribution in [0.25, 0.3) is 0 Å². The number of aliphatic hydroxyl groups excluding tert-OH is 1. The summed E-state index contributed by atoms with van der Waals surface area (Å²) in [5.41, 5.74) is 4.89. The lowest BCUT2D eigenvalue weighted by Gasteiger charge is -2.25. The van der Waals surface area contributed by atoms with E-state index in [1.165, 1.54) is 7.05 Å². The first-order valence-electron chi connectivity index (χ1n) is 4.49.